The maximum atomic E-state index is 13.6. The summed E-state index contributed by atoms with van der Waals surface area (Å²) in [5.74, 6) is -0.723. The molecular weight excluding hydrogens is 464 g/mol. The first kappa shape index (κ1) is 25.6. The van der Waals surface area contributed by atoms with Gasteiger partial charge in [-0.15, -0.1) is 0 Å². The molecule has 4 rings (SSSR count). The molecule has 5 heteroatoms. The van der Waals surface area contributed by atoms with Crippen molar-refractivity contribution < 1.29 is 24.2 Å². The number of esters is 1. The number of carbonyl (C=O) groups excluding carboxylic acids is 2. The van der Waals surface area contributed by atoms with E-state index < -0.39 is 29.9 Å². The van der Waals surface area contributed by atoms with E-state index in [1.807, 2.05) is 91.0 Å². The fraction of sp³-hybridized carbons (Fsp3) is 0.125. The average Bonchev–Trinajstić information content (AvgIpc) is 2.96. The van der Waals surface area contributed by atoms with E-state index >= 15 is 0 Å². The van der Waals surface area contributed by atoms with Crippen molar-refractivity contribution in [3.63, 3.8) is 0 Å². The summed E-state index contributed by atoms with van der Waals surface area (Å²) in [6.07, 6.45) is 1.70. The molecule has 37 heavy (non-hydrogen) atoms. The molecular formula is C32H28O5. The lowest BCUT2D eigenvalue weighted by atomic mass is 9.92. The largest absolute Gasteiger partial charge is 0.497 e. The highest BCUT2D eigenvalue weighted by atomic mass is 16.6. The van der Waals surface area contributed by atoms with Crippen LogP contribution in [0.5, 0.6) is 5.75 Å². The molecule has 186 valence electrons. The van der Waals surface area contributed by atoms with Crippen molar-refractivity contribution in [1.82, 2.24) is 0 Å². The van der Waals surface area contributed by atoms with E-state index in [1.165, 1.54) is 13.2 Å². The topological polar surface area (TPSA) is 72.8 Å². The molecule has 0 aromatic heterocycles. The van der Waals surface area contributed by atoms with Crippen LogP contribution in [-0.2, 0) is 9.53 Å². The summed E-state index contributed by atoms with van der Waals surface area (Å²) in [5, 5.41) is 11.6. The van der Waals surface area contributed by atoms with E-state index in [9.17, 15) is 14.7 Å². The second-order valence-corrected chi connectivity index (χ2v) is 8.60. The smallest absolute Gasteiger partial charge is 0.343 e. The predicted octanol–water partition coefficient (Wildman–Crippen LogP) is 6.05. The van der Waals surface area contributed by atoms with Crippen molar-refractivity contribution in [2.45, 2.75) is 18.1 Å². The quantitative estimate of drug-likeness (QED) is 0.216. The first-order chi connectivity index (χ1) is 18.0. The Morgan fingerprint density at radius 1 is 0.784 bits per heavy atom. The van der Waals surface area contributed by atoms with Gasteiger partial charge < -0.3 is 14.6 Å². The van der Waals surface area contributed by atoms with Crippen LogP contribution in [0.25, 0.3) is 6.08 Å². The molecule has 4 aromatic rings. The van der Waals surface area contributed by atoms with Crippen molar-refractivity contribution in [2.24, 2.45) is 0 Å². The minimum atomic E-state index is -2.20. The van der Waals surface area contributed by atoms with E-state index in [1.54, 1.807) is 30.3 Å². The lowest BCUT2D eigenvalue weighted by Crippen LogP contribution is -2.41. The molecule has 0 amide bonds. The van der Waals surface area contributed by atoms with Crippen molar-refractivity contribution in [2.75, 3.05) is 7.11 Å². The average molecular weight is 493 g/mol. The molecule has 0 heterocycles. The van der Waals surface area contributed by atoms with E-state index in [-0.39, 0.29) is 0 Å². The van der Waals surface area contributed by atoms with Gasteiger partial charge in [0.15, 0.2) is 17.5 Å². The van der Waals surface area contributed by atoms with Crippen LogP contribution in [0.2, 0.25) is 0 Å². The van der Waals surface area contributed by atoms with Crippen molar-refractivity contribution in [3.8, 4) is 5.75 Å². The maximum absolute atomic E-state index is 13.6. The molecule has 1 N–H and O–H groups in total. The minimum absolute atomic E-state index is 0.350. The second-order valence-electron chi connectivity index (χ2n) is 8.60. The normalized spacial score (nSPS) is 12.7. The number of methoxy groups -OCH3 is 1. The van der Waals surface area contributed by atoms with E-state index in [0.29, 0.717) is 11.3 Å². The van der Waals surface area contributed by atoms with Gasteiger partial charge in [0.1, 0.15) is 5.75 Å². The Morgan fingerprint density at radius 2 is 1.30 bits per heavy atom. The number of rotatable bonds is 10. The third-order valence-electron chi connectivity index (χ3n) is 5.98. The molecule has 4 aromatic carbocycles. The zero-order valence-corrected chi connectivity index (χ0v) is 20.5. The summed E-state index contributed by atoms with van der Waals surface area (Å²) in [4.78, 5) is 26.8. The molecule has 1 atom stereocenters. The Morgan fingerprint density at radius 3 is 1.81 bits per heavy atom. The van der Waals surface area contributed by atoms with Crippen LogP contribution in [0.15, 0.2) is 121 Å². The van der Waals surface area contributed by atoms with Gasteiger partial charge in [-0.05, 0) is 47.0 Å². The predicted molar refractivity (Wildman–Crippen MR) is 143 cm³/mol. The number of hydrogen-bond donors (Lipinski definition) is 1. The van der Waals surface area contributed by atoms with Gasteiger partial charge in [0.25, 0.3) is 0 Å². The summed E-state index contributed by atoms with van der Waals surface area (Å²) < 4.78 is 11.1. The summed E-state index contributed by atoms with van der Waals surface area (Å²) in [6.45, 7) is 0. The van der Waals surface area contributed by atoms with Crippen LogP contribution >= 0.6 is 0 Å². The van der Waals surface area contributed by atoms with Crippen LogP contribution < -0.4 is 4.74 Å². The standard InChI is InChI=1S/C32H28O5/c1-36-28-19-17-25(18-20-28)29(33)23-32(35,22-21-24-11-5-2-6-12-24)31(34)37-30(26-13-7-3-8-14-26)27-15-9-4-10-16-27/h2-22,30,35H,23H2,1H3/b22-21+/t32-/m1/s1. The van der Waals surface area contributed by atoms with Crippen molar-refractivity contribution in [3.05, 3.63) is 144 Å². The minimum Gasteiger partial charge on any atom is -0.497 e. The van der Waals surface area contributed by atoms with Crippen LogP contribution in [-0.4, -0.2) is 29.6 Å². The fourth-order valence-electron chi connectivity index (χ4n) is 3.91. The lowest BCUT2D eigenvalue weighted by molar-refractivity contribution is -0.164. The Labute approximate surface area is 216 Å². The zero-order chi connectivity index (χ0) is 26.1. The van der Waals surface area contributed by atoms with Gasteiger partial charge in [0.2, 0.25) is 0 Å². The Kier molecular flexibility index (Phi) is 8.29. The van der Waals surface area contributed by atoms with Crippen LogP contribution in [0.3, 0.4) is 0 Å². The molecule has 0 saturated heterocycles. The summed E-state index contributed by atoms with van der Waals surface area (Å²) in [5.41, 5.74) is 0.418. The molecule has 5 nitrogen and oxygen atoms in total. The number of benzene rings is 4. The molecule has 0 aliphatic rings. The third-order valence-corrected chi connectivity index (χ3v) is 5.98. The number of ketones is 1. The Hall–Kier alpha value is -4.48. The molecule has 0 aliphatic heterocycles. The van der Waals surface area contributed by atoms with Gasteiger partial charge in [-0.1, -0.05) is 97.1 Å². The van der Waals surface area contributed by atoms with Gasteiger partial charge >= 0.3 is 5.97 Å². The number of aliphatic hydroxyl groups is 1. The van der Waals surface area contributed by atoms with Crippen LogP contribution in [0, 0.1) is 0 Å². The summed E-state index contributed by atoms with van der Waals surface area (Å²) >= 11 is 0. The van der Waals surface area contributed by atoms with Gasteiger partial charge in [-0.2, -0.15) is 0 Å². The monoisotopic (exact) mass is 492 g/mol. The third kappa shape index (κ3) is 6.60. The van der Waals surface area contributed by atoms with Gasteiger partial charge in [0, 0.05) is 5.56 Å². The van der Waals surface area contributed by atoms with E-state index in [0.717, 1.165) is 16.7 Å². The van der Waals surface area contributed by atoms with E-state index in [4.69, 9.17) is 9.47 Å². The highest BCUT2D eigenvalue weighted by Crippen LogP contribution is 2.30. The van der Waals surface area contributed by atoms with Crippen LogP contribution in [0.4, 0.5) is 0 Å². The van der Waals surface area contributed by atoms with Gasteiger partial charge in [-0.3, -0.25) is 4.79 Å². The van der Waals surface area contributed by atoms with Crippen molar-refractivity contribution in [1.29, 1.82) is 0 Å². The zero-order valence-electron chi connectivity index (χ0n) is 20.5. The number of hydrogen-bond acceptors (Lipinski definition) is 5. The number of ether oxygens (including phenoxy) is 2. The summed E-state index contributed by atoms with van der Waals surface area (Å²) in [7, 11) is 1.54. The number of carbonyl (C=O) groups is 2. The molecule has 0 aliphatic carbocycles. The van der Waals surface area contributed by atoms with Crippen molar-refractivity contribution >= 4 is 17.8 Å². The Bertz CT molecular complexity index is 1290. The SMILES string of the molecule is COc1ccc(C(=O)C[C@](O)(/C=C/c2ccccc2)C(=O)OC(c2ccccc2)c2ccccc2)cc1. The highest BCUT2D eigenvalue weighted by Gasteiger charge is 2.39. The van der Waals surface area contributed by atoms with Gasteiger partial charge in [0.05, 0.1) is 13.5 Å². The first-order valence-electron chi connectivity index (χ1n) is 11.9. The molecule has 0 unspecified atom stereocenters. The summed E-state index contributed by atoms with van der Waals surface area (Å²) in [6, 6.07) is 34.3. The molecule has 0 radical (unpaired) electrons. The highest BCUT2D eigenvalue weighted by molar-refractivity contribution is 6.01. The molecule has 0 spiro atoms. The second kappa shape index (κ2) is 12.0. The van der Waals surface area contributed by atoms with Crippen LogP contribution in [0.1, 0.15) is 39.6 Å². The van der Waals surface area contributed by atoms with E-state index in [2.05, 4.69) is 0 Å². The molecule has 0 fully saturated rings. The lowest BCUT2D eigenvalue weighted by Gasteiger charge is -2.26. The van der Waals surface area contributed by atoms with Gasteiger partial charge in [-0.25, -0.2) is 4.79 Å². The molecule has 0 bridgehead atoms. The number of Topliss-reactive ketones (excluding diaryl/α,β-unsaturated/α-hetero) is 1. The maximum Gasteiger partial charge on any atom is 0.343 e. The molecule has 0 saturated carbocycles. The first-order valence-corrected chi connectivity index (χ1v) is 11.9. The fourth-order valence-corrected chi connectivity index (χ4v) is 3.91. The Balaban J connectivity index is 1.66.